The van der Waals surface area contributed by atoms with Crippen molar-refractivity contribution < 1.29 is 57.7 Å². The van der Waals surface area contributed by atoms with Crippen LogP contribution in [0.15, 0.2) is 65.1 Å². The third-order valence-electron chi connectivity index (χ3n) is 4.00. The molecule has 2 rings (SSSR count). The molecule has 214 valence electrons. The van der Waals surface area contributed by atoms with E-state index >= 15 is 0 Å². The number of carbonyl (C=O) groups is 2. The summed E-state index contributed by atoms with van der Waals surface area (Å²) in [6.07, 6.45) is 1.52. The molecule has 18 heteroatoms. The molecule has 0 atom stereocenters. The fraction of sp³-hybridized carbons (Fsp3) is 0.238. The lowest BCUT2D eigenvalue weighted by Gasteiger charge is -2.10. The van der Waals surface area contributed by atoms with Crippen molar-refractivity contribution in [1.82, 2.24) is 5.43 Å². The van der Waals surface area contributed by atoms with Crippen molar-refractivity contribution in [3.63, 3.8) is 0 Å². The van der Waals surface area contributed by atoms with Gasteiger partial charge < -0.3 is 14.9 Å². The van der Waals surface area contributed by atoms with Crippen LogP contribution in [0.1, 0.15) is 6.92 Å². The molecule has 0 fully saturated rings. The minimum absolute atomic E-state index is 0.00274. The van der Waals surface area contributed by atoms with E-state index < -0.39 is 10.0 Å². The number of hydrogen-bond donors (Lipinski definition) is 4. The summed E-state index contributed by atoms with van der Waals surface area (Å²) in [5, 5.41) is 24.1. The molecule has 2 aromatic carbocycles. The van der Waals surface area contributed by atoms with Crippen molar-refractivity contribution in [2.24, 2.45) is 0 Å². The smallest absolute Gasteiger partial charge is 0.261 e. The van der Waals surface area contributed by atoms with Crippen molar-refractivity contribution in [2.45, 2.75) is 11.8 Å². The minimum atomic E-state index is -3.86. The second-order valence-electron chi connectivity index (χ2n) is 6.68. The van der Waals surface area contributed by atoms with Gasteiger partial charge in [-0.3, -0.25) is 25.2 Å². The third-order valence-corrected chi connectivity index (χ3v) is 6.13. The zero-order valence-corrected chi connectivity index (χ0v) is 22.0. The quantitative estimate of drug-likeness (QED) is 0.0545. The molecule has 0 aliphatic rings. The van der Waals surface area contributed by atoms with Crippen LogP contribution >= 0.6 is 11.8 Å². The van der Waals surface area contributed by atoms with E-state index in [-0.39, 0.29) is 23.2 Å². The maximum atomic E-state index is 12.6. The maximum absolute atomic E-state index is 12.6. The first-order chi connectivity index (χ1) is 18.9. The number of amides is 2. The van der Waals surface area contributed by atoms with E-state index in [1.807, 2.05) is 6.92 Å². The lowest BCUT2D eigenvalue weighted by atomic mass is 10.3. The van der Waals surface area contributed by atoms with Gasteiger partial charge in [-0.15, -0.1) is 11.8 Å². The van der Waals surface area contributed by atoms with Gasteiger partial charge >= 0.3 is 0 Å². The van der Waals surface area contributed by atoms with Gasteiger partial charge in [0.05, 0.1) is 22.9 Å². The van der Waals surface area contributed by atoms with E-state index in [0.717, 1.165) is 18.0 Å². The summed E-state index contributed by atoms with van der Waals surface area (Å²) in [6, 6.07) is 11.8. The van der Waals surface area contributed by atoms with Gasteiger partial charge in [0.1, 0.15) is 12.9 Å². The molecule has 2 amide bonds. The first kappa shape index (κ1) is 31.8. The maximum Gasteiger partial charge on any atom is 0.261 e. The predicted octanol–water partition coefficient (Wildman–Crippen LogP) is 2.35. The van der Waals surface area contributed by atoms with Crippen molar-refractivity contribution in [2.75, 3.05) is 41.0 Å². The van der Waals surface area contributed by atoms with E-state index in [1.165, 1.54) is 41.8 Å². The molecule has 0 saturated heterocycles. The molecule has 0 aliphatic carbocycles. The molecular weight excluding hydrogens is 564 g/mol. The van der Waals surface area contributed by atoms with Crippen LogP contribution in [0.3, 0.4) is 0 Å². The molecule has 4 N–H and O–H groups in total. The summed E-state index contributed by atoms with van der Waals surface area (Å²) in [5.41, 5.74) is 6.17. The van der Waals surface area contributed by atoms with Gasteiger partial charge in [-0.05, 0) is 65.5 Å². The Bertz CT molecular complexity index is 1120. The molecular formula is C21H26N4O12S2. The average Bonchev–Trinajstić information content (AvgIpc) is 2.93. The highest BCUT2D eigenvalue weighted by Gasteiger charge is 2.14. The molecule has 0 unspecified atom stereocenters. The highest BCUT2D eigenvalue weighted by Crippen LogP contribution is 2.20. The van der Waals surface area contributed by atoms with Crippen molar-refractivity contribution >= 4 is 51.2 Å². The van der Waals surface area contributed by atoms with Crippen LogP contribution in [0.5, 0.6) is 0 Å². The van der Waals surface area contributed by atoms with Crippen LogP contribution in [-0.4, -0.2) is 46.3 Å². The van der Waals surface area contributed by atoms with Gasteiger partial charge in [-0.25, -0.2) is 13.3 Å². The SMILES string of the molecule is CCOCCOOOOOOOC=CSCC(=O)Nc1ccc(S(=O)(=O)Nc2ccc(NNC=O)cc2)cc1. The van der Waals surface area contributed by atoms with Gasteiger partial charge in [-0.1, -0.05) is 0 Å². The first-order valence-electron chi connectivity index (χ1n) is 10.9. The topological polar surface area (TPSA) is 190 Å². The Morgan fingerprint density at radius 3 is 2.28 bits per heavy atom. The Balaban J connectivity index is 1.62. The Hall–Kier alpha value is -3.46. The van der Waals surface area contributed by atoms with Crippen molar-refractivity contribution in [1.29, 1.82) is 0 Å². The third kappa shape index (κ3) is 13.8. The number of nitrogens with one attached hydrogen (secondary N) is 4. The monoisotopic (exact) mass is 590 g/mol. The molecule has 0 bridgehead atoms. The number of hydrogen-bond acceptors (Lipinski definition) is 14. The van der Waals surface area contributed by atoms with Crippen molar-refractivity contribution in [3.8, 4) is 0 Å². The van der Waals surface area contributed by atoms with Gasteiger partial charge in [0.25, 0.3) is 10.0 Å². The highest BCUT2D eigenvalue weighted by molar-refractivity contribution is 8.02. The normalized spacial score (nSPS) is 11.2. The lowest BCUT2D eigenvalue weighted by Crippen LogP contribution is -2.18. The molecule has 0 aromatic heterocycles. The number of anilines is 3. The largest absolute Gasteiger partial charge is 0.379 e. The van der Waals surface area contributed by atoms with Crippen LogP contribution in [0, 0.1) is 0 Å². The minimum Gasteiger partial charge on any atom is -0.379 e. The molecule has 0 spiro atoms. The summed E-state index contributed by atoms with van der Waals surface area (Å²) in [5.74, 6) is -0.339. The van der Waals surface area contributed by atoms with Gasteiger partial charge in [-0.2, -0.15) is 0 Å². The van der Waals surface area contributed by atoms with Crippen LogP contribution in [0.4, 0.5) is 17.1 Å². The Kier molecular flexibility index (Phi) is 15.3. The number of sulfonamides is 1. The number of carbonyl (C=O) groups excluding carboxylic acids is 2. The fourth-order valence-electron chi connectivity index (χ4n) is 2.41. The van der Waals surface area contributed by atoms with Gasteiger partial charge in [0, 0.05) is 38.5 Å². The average molecular weight is 591 g/mol. The van der Waals surface area contributed by atoms with E-state index in [4.69, 9.17) is 4.74 Å². The summed E-state index contributed by atoms with van der Waals surface area (Å²) in [4.78, 5) is 31.3. The van der Waals surface area contributed by atoms with Crippen LogP contribution in [0.25, 0.3) is 0 Å². The Morgan fingerprint density at radius 2 is 1.56 bits per heavy atom. The number of benzene rings is 2. The van der Waals surface area contributed by atoms with Crippen LogP contribution in [0.2, 0.25) is 0 Å². The van der Waals surface area contributed by atoms with Crippen LogP contribution in [-0.2, 0) is 59.3 Å². The Morgan fingerprint density at radius 1 is 0.897 bits per heavy atom. The molecule has 0 aliphatic heterocycles. The number of hydrazine groups is 1. The second-order valence-corrected chi connectivity index (χ2v) is 9.26. The Labute approximate surface area is 227 Å². The molecule has 0 saturated carbocycles. The predicted molar refractivity (Wildman–Crippen MR) is 136 cm³/mol. The molecule has 16 nitrogen and oxygen atoms in total. The first-order valence-corrected chi connectivity index (χ1v) is 13.4. The number of rotatable bonds is 21. The van der Waals surface area contributed by atoms with Crippen molar-refractivity contribution in [3.05, 3.63) is 60.2 Å². The highest BCUT2D eigenvalue weighted by atomic mass is 32.2. The summed E-state index contributed by atoms with van der Waals surface area (Å²) >= 11 is 1.06. The van der Waals surface area contributed by atoms with Gasteiger partial charge in [0.15, 0.2) is 0 Å². The van der Waals surface area contributed by atoms with E-state index in [2.05, 4.69) is 55.9 Å². The molecule has 2 aromatic rings. The zero-order chi connectivity index (χ0) is 28.2. The summed E-state index contributed by atoms with van der Waals surface area (Å²) in [6.45, 7) is 2.76. The summed E-state index contributed by atoms with van der Waals surface area (Å²) < 4.78 is 32.6. The standard InChI is InChI=1S/C21H26N4O12S2/c1-2-30-11-12-31-33-35-37-36-34-32-13-14-38-15-21(27)23-17-7-9-20(10-8-17)39(28,29)25-19-5-3-18(4-6-19)24-22-16-26/h3-10,13-14,16,24-25H,2,11-12,15H2,1H3,(H,22,26)(H,23,27). The molecule has 39 heavy (non-hydrogen) atoms. The summed E-state index contributed by atoms with van der Waals surface area (Å²) in [7, 11) is -3.86. The molecule has 0 heterocycles. The fourth-order valence-corrected chi connectivity index (χ4v) is 3.91. The lowest BCUT2D eigenvalue weighted by molar-refractivity contribution is -0.786. The second kappa shape index (κ2) is 18.7. The molecule has 0 radical (unpaired) electrons. The number of ether oxygens (including phenoxy) is 1. The number of thioether (sulfide) groups is 1. The van der Waals surface area contributed by atoms with E-state index in [9.17, 15) is 18.0 Å². The van der Waals surface area contributed by atoms with Crippen LogP contribution < -0.4 is 20.9 Å². The van der Waals surface area contributed by atoms with E-state index in [1.54, 1.807) is 12.1 Å². The zero-order valence-electron chi connectivity index (χ0n) is 20.4. The van der Waals surface area contributed by atoms with E-state index in [0.29, 0.717) is 36.7 Å². The van der Waals surface area contributed by atoms with Gasteiger partial charge in [0.2, 0.25) is 12.3 Å².